The van der Waals surface area contributed by atoms with E-state index < -0.39 is 56.4 Å². The van der Waals surface area contributed by atoms with Gasteiger partial charge in [0.2, 0.25) is 10.0 Å². The molecular weight excluding hydrogens is 560 g/mol. The van der Waals surface area contributed by atoms with Gasteiger partial charge in [0.1, 0.15) is 4.90 Å². The fourth-order valence-corrected chi connectivity index (χ4v) is 5.54. The van der Waals surface area contributed by atoms with Crippen molar-refractivity contribution in [2.45, 2.75) is 11.1 Å². The number of halogens is 6. The first kappa shape index (κ1) is 27.5. The van der Waals surface area contributed by atoms with Crippen molar-refractivity contribution in [3.05, 3.63) is 56.5 Å². The SMILES string of the molecule is O=C(COC(=O)c1cc(S(=O)(=O)N2CCOCC2)c(Cl)cc1Cl)Nc1c(Cl)cccc1C(F)(F)F. The van der Waals surface area contributed by atoms with E-state index in [1.807, 2.05) is 5.32 Å². The Hall–Kier alpha value is -2.09. The molecule has 15 heteroatoms. The lowest BCUT2D eigenvalue weighted by Crippen LogP contribution is -2.40. The molecule has 1 N–H and O–H groups in total. The zero-order valence-electron chi connectivity index (χ0n) is 17.5. The van der Waals surface area contributed by atoms with Crippen LogP contribution in [0.3, 0.4) is 0 Å². The molecule has 1 amide bonds. The zero-order valence-corrected chi connectivity index (χ0v) is 20.6. The molecule has 0 radical (unpaired) electrons. The van der Waals surface area contributed by atoms with E-state index in [1.54, 1.807) is 0 Å². The van der Waals surface area contributed by atoms with Crippen LogP contribution in [0, 0.1) is 0 Å². The van der Waals surface area contributed by atoms with E-state index in [-0.39, 0.29) is 41.4 Å². The van der Waals surface area contributed by atoms with E-state index >= 15 is 0 Å². The minimum Gasteiger partial charge on any atom is -0.452 e. The Morgan fingerprint density at radius 3 is 2.34 bits per heavy atom. The molecule has 1 aliphatic heterocycles. The van der Waals surface area contributed by atoms with E-state index in [0.29, 0.717) is 0 Å². The molecule has 190 valence electrons. The molecule has 35 heavy (non-hydrogen) atoms. The Morgan fingerprint density at radius 1 is 1.06 bits per heavy atom. The first-order valence-electron chi connectivity index (χ1n) is 9.72. The molecule has 8 nitrogen and oxygen atoms in total. The number of nitrogens with zero attached hydrogens (tertiary/aromatic N) is 1. The van der Waals surface area contributed by atoms with Gasteiger partial charge in [-0.05, 0) is 24.3 Å². The summed E-state index contributed by atoms with van der Waals surface area (Å²) >= 11 is 17.8. The first-order chi connectivity index (χ1) is 16.3. The fraction of sp³-hybridized carbons (Fsp3) is 0.300. The summed E-state index contributed by atoms with van der Waals surface area (Å²) in [5.74, 6) is -2.32. The number of nitrogens with one attached hydrogen (secondary N) is 1. The maximum absolute atomic E-state index is 13.2. The predicted octanol–water partition coefficient (Wildman–Crippen LogP) is 4.48. The highest BCUT2D eigenvalue weighted by molar-refractivity contribution is 7.89. The number of hydrogen-bond donors (Lipinski definition) is 1. The number of anilines is 1. The van der Waals surface area contributed by atoms with Gasteiger partial charge in [0.15, 0.2) is 6.61 Å². The average molecular weight is 576 g/mol. The molecule has 0 unspecified atom stereocenters. The summed E-state index contributed by atoms with van der Waals surface area (Å²) in [7, 11) is -4.11. The third kappa shape index (κ3) is 6.38. The third-order valence-electron chi connectivity index (χ3n) is 4.75. The number of para-hydroxylation sites is 1. The van der Waals surface area contributed by atoms with Crippen LogP contribution in [-0.4, -0.2) is 57.5 Å². The smallest absolute Gasteiger partial charge is 0.418 e. The summed E-state index contributed by atoms with van der Waals surface area (Å²) in [4.78, 5) is 24.3. The van der Waals surface area contributed by atoms with Crippen molar-refractivity contribution in [3.63, 3.8) is 0 Å². The second kappa shape index (κ2) is 10.9. The monoisotopic (exact) mass is 574 g/mol. The number of amides is 1. The molecule has 1 fully saturated rings. The molecule has 3 rings (SSSR count). The van der Waals surface area contributed by atoms with Crippen molar-refractivity contribution in [3.8, 4) is 0 Å². The van der Waals surface area contributed by atoms with Crippen molar-refractivity contribution in [1.82, 2.24) is 4.31 Å². The Labute approximate surface area is 212 Å². The third-order valence-corrected chi connectivity index (χ3v) is 7.74. The predicted molar refractivity (Wildman–Crippen MR) is 121 cm³/mol. The molecule has 1 heterocycles. The number of alkyl halides is 3. The quantitative estimate of drug-likeness (QED) is 0.510. The molecule has 0 saturated carbocycles. The van der Waals surface area contributed by atoms with Crippen LogP contribution in [0.25, 0.3) is 0 Å². The highest BCUT2D eigenvalue weighted by atomic mass is 35.5. The van der Waals surface area contributed by atoms with Crippen LogP contribution in [0.15, 0.2) is 35.2 Å². The van der Waals surface area contributed by atoms with E-state index in [1.165, 1.54) is 0 Å². The number of rotatable bonds is 6. The van der Waals surface area contributed by atoms with Gasteiger partial charge in [-0.15, -0.1) is 0 Å². The summed E-state index contributed by atoms with van der Waals surface area (Å²) in [5, 5.41) is 1.08. The topological polar surface area (TPSA) is 102 Å². The van der Waals surface area contributed by atoms with Crippen molar-refractivity contribution in [1.29, 1.82) is 0 Å². The number of morpholine rings is 1. The maximum Gasteiger partial charge on any atom is 0.418 e. The number of carbonyl (C=O) groups excluding carboxylic acids is 2. The Kier molecular flexibility index (Phi) is 8.56. The lowest BCUT2D eigenvalue weighted by atomic mass is 10.1. The van der Waals surface area contributed by atoms with Gasteiger partial charge in [-0.1, -0.05) is 40.9 Å². The molecule has 0 atom stereocenters. The van der Waals surface area contributed by atoms with Crippen LogP contribution in [0.2, 0.25) is 15.1 Å². The van der Waals surface area contributed by atoms with Crippen molar-refractivity contribution >= 4 is 62.4 Å². The Balaban J connectivity index is 1.77. The number of carbonyl (C=O) groups is 2. The number of esters is 1. The largest absolute Gasteiger partial charge is 0.452 e. The molecule has 0 aromatic heterocycles. The van der Waals surface area contributed by atoms with Crippen molar-refractivity contribution in [2.75, 3.05) is 38.2 Å². The number of sulfonamides is 1. The van der Waals surface area contributed by atoms with Gasteiger partial charge >= 0.3 is 12.1 Å². The molecular formula is C20H16Cl3F3N2O6S. The van der Waals surface area contributed by atoms with E-state index in [4.69, 9.17) is 44.3 Å². The van der Waals surface area contributed by atoms with Gasteiger partial charge in [0, 0.05) is 13.1 Å². The van der Waals surface area contributed by atoms with Gasteiger partial charge in [-0.2, -0.15) is 17.5 Å². The molecule has 0 aliphatic carbocycles. The first-order valence-corrected chi connectivity index (χ1v) is 12.3. The lowest BCUT2D eigenvalue weighted by molar-refractivity contribution is -0.137. The summed E-state index contributed by atoms with van der Waals surface area (Å²) in [6, 6.07) is 4.86. The van der Waals surface area contributed by atoms with Crippen molar-refractivity contribution < 1.29 is 40.7 Å². The number of ether oxygens (including phenoxy) is 2. The average Bonchev–Trinajstić information content (AvgIpc) is 2.78. The van der Waals surface area contributed by atoms with Crippen molar-refractivity contribution in [2.24, 2.45) is 0 Å². The minimum atomic E-state index is -4.80. The Morgan fingerprint density at radius 2 is 1.71 bits per heavy atom. The van der Waals surface area contributed by atoms with Gasteiger partial charge in [0.05, 0.1) is 45.1 Å². The van der Waals surface area contributed by atoms with Gasteiger partial charge in [0.25, 0.3) is 5.91 Å². The van der Waals surface area contributed by atoms with Crippen LogP contribution < -0.4 is 5.32 Å². The number of hydrogen-bond acceptors (Lipinski definition) is 6. The second-order valence-corrected chi connectivity index (χ2v) is 10.2. The fourth-order valence-electron chi connectivity index (χ4n) is 3.08. The van der Waals surface area contributed by atoms with Gasteiger partial charge < -0.3 is 14.8 Å². The highest BCUT2D eigenvalue weighted by Crippen LogP contribution is 2.38. The summed E-state index contributed by atoms with van der Waals surface area (Å²) in [6.45, 7) is -0.510. The van der Waals surface area contributed by atoms with E-state index in [9.17, 15) is 31.2 Å². The summed E-state index contributed by atoms with van der Waals surface area (Å²) in [5.41, 5.74) is -2.31. The highest BCUT2D eigenvalue weighted by Gasteiger charge is 2.35. The lowest BCUT2D eigenvalue weighted by Gasteiger charge is -2.26. The van der Waals surface area contributed by atoms with Crippen LogP contribution in [0.1, 0.15) is 15.9 Å². The summed E-state index contributed by atoms with van der Waals surface area (Å²) in [6.07, 6.45) is -4.80. The van der Waals surface area contributed by atoms with Crippen LogP contribution in [0.4, 0.5) is 18.9 Å². The van der Waals surface area contributed by atoms with E-state index in [2.05, 4.69) is 0 Å². The molecule has 1 saturated heterocycles. The minimum absolute atomic E-state index is 0.0726. The molecule has 0 spiro atoms. The molecule has 2 aromatic carbocycles. The second-order valence-electron chi connectivity index (χ2n) is 7.06. The number of benzene rings is 2. The van der Waals surface area contributed by atoms with Crippen LogP contribution >= 0.6 is 34.8 Å². The maximum atomic E-state index is 13.2. The normalized spacial score (nSPS) is 15.0. The zero-order chi connectivity index (χ0) is 26.0. The Bertz CT molecular complexity index is 1250. The van der Waals surface area contributed by atoms with Crippen LogP contribution in [0.5, 0.6) is 0 Å². The van der Waals surface area contributed by atoms with Gasteiger partial charge in [-0.25, -0.2) is 13.2 Å². The van der Waals surface area contributed by atoms with E-state index in [0.717, 1.165) is 34.6 Å². The molecule has 2 aromatic rings. The molecule has 0 bridgehead atoms. The summed E-state index contributed by atoms with van der Waals surface area (Å²) < 4.78 is 76.5. The van der Waals surface area contributed by atoms with Crippen LogP contribution in [-0.2, 0) is 30.5 Å². The standard InChI is InChI=1S/C20H16Cl3F3N2O6S/c21-13-3-1-2-12(20(24,25)26)18(13)27-17(29)10-34-19(30)11-8-16(15(23)9-14(11)22)35(31,32)28-4-6-33-7-5-28/h1-3,8-9H,4-7,10H2,(H,27,29). The van der Waals surface area contributed by atoms with Gasteiger partial charge in [-0.3, -0.25) is 4.79 Å². The molecule has 1 aliphatic rings.